The Morgan fingerprint density at radius 2 is 2.06 bits per heavy atom. The van der Waals surface area contributed by atoms with Crippen molar-refractivity contribution in [2.75, 3.05) is 12.3 Å². The van der Waals surface area contributed by atoms with E-state index in [4.69, 9.17) is 10.5 Å². The van der Waals surface area contributed by atoms with E-state index in [1.165, 1.54) is 0 Å². The molecule has 1 unspecified atom stereocenters. The van der Waals surface area contributed by atoms with Gasteiger partial charge in [0.1, 0.15) is 5.75 Å². The molecule has 1 aromatic carbocycles. The average molecular weight is 234 g/mol. The molecule has 92 valence electrons. The largest absolute Gasteiger partial charge is 0.484 e. The van der Waals surface area contributed by atoms with E-state index in [0.29, 0.717) is 17.5 Å². The van der Waals surface area contributed by atoms with E-state index in [1.54, 1.807) is 24.3 Å². The monoisotopic (exact) mass is 234 g/mol. The van der Waals surface area contributed by atoms with E-state index in [-0.39, 0.29) is 17.9 Å². The lowest BCUT2D eigenvalue weighted by Gasteiger charge is -2.08. The van der Waals surface area contributed by atoms with Gasteiger partial charge in [-0.05, 0) is 36.1 Å². The number of anilines is 1. The maximum atomic E-state index is 11.6. The minimum atomic E-state index is -0.0719. The number of nitrogens with one attached hydrogen (secondary N) is 1. The summed E-state index contributed by atoms with van der Waals surface area (Å²) in [6.07, 6.45) is 1.04. The summed E-state index contributed by atoms with van der Waals surface area (Å²) in [6, 6.07) is 7.30. The van der Waals surface area contributed by atoms with Gasteiger partial charge in [-0.15, -0.1) is 0 Å². The standard InChI is InChI=1S/C13H18N2O2/c1-13(2)7-11(13)15-12(16)8-17-10-5-3-9(14)4-6-10/h3-6,11H,7-8,14H2,1-2H3,(H,15,16). The van der Waals surface area contributed by atoms with E-state index < -0.39 is 0 Å². The van der Waals surface area contributed by atoms with Gasteiger partial charge in [-0.25, -0.2) is 0 Å². The molecule has 0 aliphatic heterocycles. The van der Waals surface area contributed by atoms with Crippen molar-refractivity contribution in [3.05, 3.63) is 24.3 Å². The normalized spacial score (nSPS) is 20.7. The van der Waals surface area contributed by atoms with Gasteiger partial charge >= 0.3 is 0 Å². The van der Waals surface area contributed by atoms with Crippen molar-refractivity contribution >= 4 is 11.6 Å². The van der Waals surface area contributed by atoms with Crippen LogP contribution in [0.5, 0.6) is 5.75 Å². The fraction of sp³-hybridized carbons (Fsp3) is 0.462. The van der Waals surface area contributed by atoms with Crippen molar-refractivity contribution in [2.45, 2.75) is 26.3 Å². The summed E-state index contributed by atoms with van der Waals surface area (Å²) >= 11 is 0. The Hall–Kier alpha value is -1.71. The molecular formula is C13H18N2O2. The van der Waals surface area contributed by atoms with E-state index in [2.05, 4.69) is 19.2 Å². The summed E-state index contributed by atoms with van der Waals surface area (Å²) in [5, 5.41) is 2.94. The Kier molecular flexibility index (Phi) is 2.96. The molecule has 0 radical (unpaired) electrons. The molecule has 0 spiro atoms. The molecule has 1 amide bonds. The van der Waals surface area contributed by atoms with Gasteiger partial charge in [0.2, 0.25) is 0 Å². The second-order valence-electron chi connectivity index (χ2n) is 5.17. The van der Waals surface area contributed by atoms with Gasteiger partial charge in [0.25, 0.3) is 5.91 Å². The molecule has 1 fully saturated rings. The number of benzene rings is 1. The first kappa shape index (κ1) is 11.8. The lowest BCUT2D eigenvalue weighted by molar-refractivity contribution is -0.123. The van der Waals surface area contributed by atoms with E-state index >= 15 is 0 Å². The number of amides is 1. The molecule has 4 heteroatoms. The van der Waals surface area contributed by atoms with Crippen LogP contribution in [0.15, 0.2) is 24.3 Å². The maximum absolute atomic E-state index is 11.6. The number of rotatable bonds is 4. The molecule has 1 aromatic rings. The van der Waals surface area contributed by atoms with Crippen molar-refractivity contribution in [3.63, 3.8) is 0 Å². The van der Waals surface area contributed by atoms with Gasteiger partial charge in [0, 0.05) is 11.7 Å². The Balaban J connectivity index is 1.75. The third-order valence-electron chi connectivity index (χ3n) is 3.10. The van der Waals surface area contributed by atoms with Crippen molar-refractivity contribution in [2.24, 2.45) is 5.41 Å². The summed E-state index contributed by atoms with van der Waals surface area (Å²) in [5.74, 6) is 0.585. The number of hydrogen-bond donors (Lipinski definition) is 2. The summed E-state index contributed by atoms with van der Waals surface area (Å²) in [4.78, 5) is 11.6. The van der Waals surface area contributed by atoms with Gasteiger partial charge < -0.3 is 15.8 Å². The highest BCUT2D eigenvalue weighted by Gasteiger charge is 2.46. The van der Waals surface area contributed by atoms with Crippen LogP contribution in [-0.4, -0.2) is 18.6 Å². The molecule has 0 heterocycles. The van der Waals surface area contributed by atoms with Crippen LogP contribution in [0.1, 0.15) is 20.3 Å². The number of hydrogen-bond acceptors (Lipinski definition) is 3. The van der Waals surface area contributed by atoms with Crippen molar-refractivity contribution in [1.29, 1.82) is 0 Å². The summed E-state index contributed by atoms with van der Waals surface area (Å²) in [6.45, 7) is 4.33. The smallest absolute Gasteiger partial charge is 0.258 e. The van der Waals surface area contributed by atoms with Gasteiger partial charge in [-0.2, -0.15) is 0 Å². The van der Waals surface area contributed by atoms with Crippen LogP contribution in [0, 0.1) is 5.41 Å². The molecule has 17 heavy (non-hydrogen) atoms. The zero-order valence-corrected chi connectivity index (χ0v) is 10.2. The predicted molar refractivity (Wildman–Crippen MR) is 66.7 cm³/mol. The van der Waals surface area contributed by atoms with Crippen molar-refractivity contribution < 1.29 is 9.53 Å². The van der Waals surface area contributed by atoms with Crippen LogP contribution in [0.25, 0.3) is 0 Å². The topological polar surface area (TPSA) is 64.3 Å². The minimum Gasteiger partial charge on any atom is -0.484 e. The Morgan fingerprint density at radius 1 is 1.47 bits per heavy atom. The fourth-order valence-electron chi connectivity index (χ4n) is 1.66. The third kappa shape index (κ3) is 3.12. The number of nitrogen functional groups attached to an aromatic ring is 1. The number of nitrogens with two attached hydrogens (primary N) is 1. The van der Waals surface area contributed by atoms with Crippen molar-refractivity contribution in [1.82, 2.24) is 5.32 Å². The second-order valence-corrected chi connectivity index (χ2v) is 5.17. The first-order valence-electron chi connectivity index (χ1n) is 5.75. The average Bonchev–Trinajstić information content (AvgIpc) is 2.85. The Labute approximate surface area is 101 Å². The highest BCUT2D eigenvalue weighted by molar-refractivity contribution is 5.78. The van der Waals surface area contributed by atoms with Gasteiger partial charge in [-0.3, -0.25) is 4.79 Å². The third-order valence-corrected chi connectivity index (χ3v) is 3.10. The molecule has 0 saturated heterocycles. The van der Waals surface area contributed by atoms with Crippen LogP contribution in [-0.2, 0) is 4.79 Å². The van der Waals surface area contributed by atoms with Crippen LogP contribution in [0.2, 0.25) is 0 Å². The van der Waals surface area contributed by atoms with E-state index in [0.717, 1.165) is 6.42 Å². The second kappa shape index (κ2) is 4.28. The lowest BCUT2D eigenvalue weighted by Crippen LogP contribution is -2.32. The first-order chi connectivity index (χ1) is 7.97. The molecular weight excluding hydrogens is 216 g/mol. The van der Waals surface area contributed by atoms with E-state index in [1.807, 2.05) is 0 Å². The molecule has 1 saturated carbocycles. The summed E-state index contributed by atoms with van der Waals surface area (Å²) < 4.78 is 5.35. The van der Waals surface area contributed by atoms with E-state index in [9.17, 15) is 4.79 Å². The predicted octanol–water partition coefficient (Wildman–Crippen LogP) is 1.56. The van der Waals surface area contributed by atoms with Gasteiger partial charge in [-0.1, -0.05) is 13.8 Å². The molecule has 1 aliphatic rings. The lowest BCUT2D eigenvalue weighted by atomic mass is 10.2. The highest BCUT2D eigenvalue weighted by atomic mass is 16.5. The van der Waals surface area contributed by atoms with Crippen LogP contribution >= 0.6 is 0 Å². The fourth-order valence-corrected chi connectivity index (χ4v) is 1.66. The molecule has 1 atom stereocenters. The highest BCUT2D eigenvalue weighted by Crippen LogP contribution is 2.44. The summed E-state index contributed by atoms with van der Waals surface area (Å²) in [7, 11) is 0. The zero-order chi connectivity index (χ0) is 12.5. The SMILES string of the molecule is CC1(C)CC1NC(=O)COc1ccc(N)cc1. The molecule has 2 rings (SSSR count). The van der Waals surface area contributed by atoms with Gasteiger partial charge in [0.15, 0.2) is 6.61 Å². The van der Waals surface area contributed by atoms with Crippen LogP contribution in [0.3, 0.4) is 0 Å². The van der Waals surface area contributed by atoms with Gasteiger partial charge in [0.05, 0.1) is 0 Å². The summed E-state index contributed by atoms with van der Waals surface area (Å²) in [5.41, 5.74) is 6.48. The molecule has 0 bridgehead atoms. The maximum Gasteiger partial charge on any atom is 0.258 e. The number of ether oxygens (including phenoxy) is 1. The number of carbonyl (C=O) groups excluding carboxylic acids is 1. The molecule has 4 nitrogen and oxygen atoms in total. The quantitative estimate of drug-likeness (QED) is 0.777. The van der Waals surface area contributed by atoms with Crippen LogP contribution in [0.4, 0.5) is 5.69 Å². The van der Waals surface area contributed by atoms with Crippen molar-refractivity contribution in [3.8, 4) is 5.75 Å². The molecule has 3 N–H and O–H groups in total. The number of carbonyl (C=O) groups is 1. The minimum absolute atomic E-state index is 0.0521. The zero-order valence-electron chi connectivity index (χ0n) is 10.2. The molecule has 0 aromatic heterocycles. The Morgan fingerprint density at radius 3 is 2.59 bits per heavy atom. The first-order valence-corrected chi connectivity index (χ1v) is 5.75. The Bertz CT molecular complexity index is 412. The van der Waals surface area contributed by atoms with Crippen LogP contribution < -0.4 is 15.8 Å². The molecule has 1 aliphatic carbocycles.